The standard InChI is InChI=1S/C28H35N5O/c1-17(2)25-24-13-22(34-21-9-6-10-29-14-21)12-23(19-7-4-5-8-19)27(24)32-26(25)20-11-18(3)28-30-16-31-33(28)15-20/h11-13,15-17,19,21,29,32H,4-10,14H2,1-3H3/t21-/m0/s1. The van der Waals surface area contributed by atoms with Crippen molar-refractivity contribution in [2.45, 2.75) is 77.2 Å². The number of aromatic nitrogens is 4. The first kappa shape index (κ1) is 21.7. The monoisotopic (exact) mass is 457 g/mol. The van der Waals surface area contributed by atoms with Crippen LogP contribution >= 0.6 is 0 Å². The van der Waals surface area contributed by atoms with Gasteiger partial charge in [0.1, 0.15) is 18.2 Å². The fraction of sp³-hybridized carbons (Fsp3) is 0.500. The van der Waals surface area contributed by atoms with Crippen LogP contribution in [0.3, 0.4) is 0 Å². The Morgan fingerprint density at radius 1 is 1.09 bits per heavy atom. The van der Waals surface area contributed by atoms with E-state index in [9.17, 15) is 0 Å². The van der Waals surface area contributed by atoms with E-state index in [1.54, 1.807) is 6.33 Å². The highest BCUT2D eigenvalue weighted by atomic mass is 16.5. The summed E-state index contributed by atoms with van der Waals surface area (Å²) < 4.78 is 8.47. The molecule has 0 bridgehead atoms. The molecular formula is C28H35N5O. The zero-order valence-corrected chi connectivity index (χ0v) is 20.5. The van der Waals surface area contributed by atoms with Gasteiger partial charge in [0.15, 0.2) is 5.65 Å². The van der Waals surface area contributed by atoms with Gasteiger partial charge < -0.3 is 15.0 Å². The lowest BCUT2D eigenvalue weighted by atomic mass is 9.91. The van der Waals surface area contributed by atoms with Crippen molar-refractivity contribution >= 4 is 16.6 Å². The third kappa shape index (κ3) is 3.78. The Balaban J connectivity index is 1.54. The summed E-state index contributed by atoms with van der Waals surface area (Å²) >= 11 is 0. The second-order valence-electron chi connectivity index (χ2n) is 10.5. The third-order valence-corrected chi connectivity index (χ3v) is 7.73. The average Bonchev–Trinajstić information content (AvgIpc) is 3.58. The zero-order chi connectivity index (χ0) is 23.2. The molecule has 1 saturated heterocycles. The van der Waals surface area contributed by atoms with E-state index in [-0.39, 0.29) is 6.10 Å². The van der Waals surface area contributed by atoms with Crippen molar-refractivity contribution < 1.29 is 4.74 Å². The molecule has 1 saturated carbocycles. The SMILES string of the molecule is Cc1cc(-c2[nH]c3c(C4CCCC4)cc(O[C@H]4CCCNC4)cc3c2C(C)C)cn2ncnc12. The molecule has 1 atom stereocenters. The van der Waals surface area contributed by atoms with Crippen molar-refractivity contribution in [3.63, 3.8) is 0 Å². The molecule has 2 N–H and O–H groups in total. The summed E-state index contributed by atoms with van der Waals surface area (Å²) in [7, 11) is 0. The number of piperidine rings is 1. The molecular weight excluding hydrogens is 422 g/mol. The van der Waals surface area contributed by atoms with Gasteiger partial charge in [0.2, 0.25) is 0 Å². The molecule has 4 heterocycles. The van der Waals surface area contributed by atoms with Crippen LogP contribution in [0.25, 0.3) is 27.8 Å². The Morgan fingerprint density at radius 2 is 1.94 bits per heavy atom. The normalized spacial score (nSPS) is 19.6. The summed E-state index contributed by atoms with van der Waals surface area (Å²) in [6.45, 7) is 8.73. The number of hydrogen-bond donors (Lipinski definition) is 2. The van der Waals surface area contributed by atoms with Crippen molar-refractivity contribution in [3.8, 4) is 17.0 Å². The molecule has 1 aliphatic heterocycles. The smallest absolute Gasteiger partial charge is 0.158 e. The van der Waals surface area contributed by atoms with Gasteiger partial charge in [0, 0.05) is 29.2 Å². The highest BCUT2D eigenvalue weighted by Gasteiger charge is 2.26. The van der Waals surface area contributed by atoms with Gasteiger partial charge >= 0.3 is 0 Å². The van der Waals surface area contributed by atoms with Crippen molar-refractivity contribution in [2.24, 2.45) is 0 Å². The molecule has 6 heteroatoms. The number of aryl methyl sites for hydroxylation is 1. The Morgan fingerprint density at radius 3 is 2.71 bits per heavy atom. The highest BCUT2D eigenvalue weighted by Crippen LogP contribution is 2.44. The number of fused-ring (bicyclic) bond motifs is 2. The molecule has 6 nitrogen and oxygen atoms in total. The van der Waals surface area contributed by atoms with Crippen LogP contribution in [0, 0.1) is 6.92 Å². The first-order valence-corrected chi connectivity index (χ1v) is 13.0. The van der Waals surface area contributed by atoms with Crippen molar-refractivity contribution in [2.75, 3.05) is 13.1 Å². The van der Waals surface area contributed by atoms with Gasteiger partial charge in [0.25, 0.3) is 0 Å². The highest BCUT2D eigenvalue weighted by molar-refractivity contribution is 5.95. The maximum absolute atomic E-state index is 6.58. The van der Waals surface area contributed by atoms with Gasteiger partial charge in [-0.2, -0.15) is 5.10 Å². The van der Waals surface area contributed by atoms with Gasteiger partial charge in [-0.3, -0.25) is 0 Å². The lowest BCUT2D eigenvalue weighted by Gasteiger charge is -2.25. The van der Waals surface area contributed by atoms with Crippen molar-refractivity contribution in [1.29, 1.82) is 0 Å². The van der Waals surface area contributed by atoms with Crippen LogP contribution in [-0.2, 0) is 0 Å². The van der Waals surface area contributed by atoms with E-state index in [4.69, 9.17) is 4.74 Å². The molecule has 3 aromatic heterocycles. The lowest BCUT2D eigenvalue weighted by molar-refractivity contribution is 0.167. The summed E-state index contributed by atoms with van der Waals surface area (Å²) in [6.07, 6.45) is 11.4. The van der Waals surface area contributed by atoms with E-state index in [1.807, 2.05) is 4.52 Å². The number of hydrogen-bond acceptors (Lipinski definition) is 4. The first-order chi connectivity index (χ1) is 16.6. The Labute approximate surface area is 201 Å². The molecule has 1 aliphatic carbocycles. The number of H-pyrrole nitrogens is 1. The van der Waals surface area contributed by atoms with E-state index in [2.05, 4.69) is 65.6 Å². The van der Waals surface area contributed by atoms with Crippen LogP contribution in [0.5, 0.6) is 5.75 Å². The van der Waals surface area contributed by atoms with E-state index in [0.717, 1.165) is 42.0 Å². The number of nitrogens with zero attached hydrogens (tertiary/aromatic N) is 3. The Hall–Kier alpha value is -2.86. The minimum atomic E-state index is 0.251. The summed E-state index contributed by atoms with van der Waals surface area (Å²) in [5.74, 6) is 2.00. The predicted octanol–water partition coefficient (Wildman–Crippen LogP) is 6.10. The van der Waals surface area contributed by atoms with Crippen LogP contribution < -0.4 is 10.1 Å². The topological polar surface area (TPSA) is 67.2 Å². The van der Waals surface area contributed by atoms with Crippen molar-refractivity contribution in [3.05, 3.63) is 47.4 Å². The second-order valence-corrected chi connectivity index (χ2v) is 10.5. The van der Waals surface area contributed by atoms with Gasteiger partial charge in [-0.1, -0.05) is 26.7 Å². The molecule has 2 fully saturated rings. The molecule has 0 spiro atoms. The molecule has 0 radical (unpaired) electrons. The predicted molar refractivity (Wildman–Crippen MR) is 137 cm³/mol. The van der Waals surface area contributed by atoms with Gasteiger partial charge in [-0.25, -0.2) is 9.50 Å². The number of pyridine rings is 1. The first-order valence-electron chi connectivity index (χ1n) is 13.0. The minimum Gasteiger partial charge on any atom is -0.489 e. The van der Waals surface area contributed by atoms with Gasteiger partial charge in [-0.05, 0) is 85.9 Å². The lowest BCUT2D eigenvalue weighted by Crippen LogP contribution is -2.37. The molecule has 6 rings (SSSR count). The van der Waals surface area contributed by atoms with E-state index in [1.165, 1.54) is 59.8 Å². The van der Waals surface area contributed by atoms with E-state index in [0.29, 0.717) is 11.8 Å². The maximum Gasteiger partial charge on any atom is 0.158 e. The number of aromatic amines is 1. The minimum absolute atomic E-state index is 0.251. The second kappa shape index (κ2) is 8.73. The third-order valence-electron chi connectivity index (χ3n) is 7.73. The Kier molecular flexibility index (Phi) is 5.56. The maximum atomic E-state index is 6.58. The van der Waals surface area contributed by atoms with E-state index < -0.39 is 0 Å². The van der Waals surface area contributed by atoms with Crippen LogP contribution in [-0.4, -0.2) is 38.8 Å². The molecule has 0 unspecified atom stereocenters. The van der Waals surface area contributed by atoms with Crippen molar-refractivity contribution in [1.82, 2.24) is 24.9 Å². The van der Waals surface area contributed by atoms with Crippen LogP contribution in [0.4, 0.5) is 0 Å². The molecule has 178 valence electrons. The van der Waals surface area contributed by atoms with Gasteiger partial charge in [-0.15, -0.1) is 0 Å². The summed E-state index contributed by atoms with van der Waals surface area (Å²) in [6, 6.07) is 6.86. The number of benzene rings is 1. The fourth-order valence-corrected chi connectivity index (χ4v) is 6.11. The summed E-state index contributed by atoms with van der Waals surface area (Å²) in [5.41, 5.74) is 8.48. The number of nitrogens with one attached hydrogen (secondary N) is 2. The fourth-order valence-electron chi connectivity index (χ4n) is 6.11. The summed E-state index contributed by atoms with van der Waals surface area (Å²) in [4.78, 5) is 8.30. The van der Waals surface area contributed by atoms with Crippen LogP contribution in [0.1, 0.15) is 80.9 Å². The quantitative estimate of drug-likeness (QED) is 0.380. The van der Waals surface area contributed by atoms with E-state index >= 15 is 0 Å². The van der Waals surface area contributed by atoms with Gasteiger partial charge in [0.05, 0.1) is 5.69 Å². The number of ether oxygens (including phenoxy) is 1. The molecule has 0 amide bonds. The molecule has 34 heavy (non-hydrogen) atoms. The Bertz CT molecular complexity index is 1320. The average molecular weight is 458 g/mol. The molecule has 2 aliphatic rings. The largest absolute Gasteiger partial charge is 0.489 e. The molecule has 4 aromatic rings. The van der Waals surface area contributed by atoms with Crippen LogP contribution in [0.2, 0.25) is 0 Å². The summed E-state index contributed by atoms with van der Waals surface area (Å²) in [5, 5.41) is 9.22. The number of rotatable bonds is 5. The van der Waals surface area contributed by atoms with Crippen LogP contribution in [0.15, 0.2) is 30.7 Å². The molecule has 1 aromatic carbocycles. The zero-order valence-electron chi connectivity index (χ0n) is 20.5.